The van der Waals surface area contributed by atoms with E-state index in [-0.39, 0.29) is 0 Å². The number of aliphatic carboxylic acids is 1. The molecule has 0 heterocycles. The van der Waals surface area contributed by atoms with E-state index < -0.39 is 35.1 Å². The summed E-state index contributed by atoms with van der Waals surface area (Å²) in [6, 6.07) is 3.06. The van der Waals surface area contributed by atoms with Crippen molar-refractivity contribution in [2.75, 3.05) is 5.32 Å². The smallest absolute Gasteiger partial charge is 0.315 e. The lowest BCUT2D eigenvalue weighted by molar-refractivity contribution is -0.144. The summed E-state index contributed by atoms with van der Waals surface area (Å²) in [6.07, 6.45) is 0. The lowest BCUT2D eigenvalue weighted by atomic mass is 10.1. The monoisotopic (exact) mass is 229 g/mol. The molecule has 0 bridgehead atoms. The van der Waals surface area contributed by atoms with Crippen molar-refractivity contribution in [3.05, 3.63) is 29.8 Å². The van der Waals surface area contributed by atoms with Gasteiger partial charge in [-0.15, -0.1) is 0 Å². The molecule has 0 saturated carbocycles. The summed E-state index contributed by atoms with van der Waals surface area (Å²) < 4.78 is 26.1. The molecule has 6 heteroatoms. The van der Waals surface area contributed by atoms with Crippen LogP contribution in [0.3, 0.4) is 0 Å². The van der Waals surface area contributed by atoms with Crippen LogP contribution in [0.2, 0.25) is 0 Å². The van der Waals surface area contributed by atoms with Gasteiger partial charge in [-0.2, -0.15) is 0 Å². The molecule has 0 spiro atoms. The van der Waals surface area contributed by atoms with E-state index in [2.05, 4.69) is 0 Å². The quantitative estimate of drug-likeness (QED) is 0.774. The molecule has 0 aliphatic heterocycles. The number of anilines is 1. The normalized spacial score (nSPS) is 11.9. The number of nitrogens with one attached hydrogen (secondary N) is 1. The van der Waals surface area contributed by atoms with Gasteiger partial charge in [-0.1, -0.05) is 6.07 Å². The van der Waals surface area contributed by atoms with Gasteiger partial charge in [0.05, 0.1) is 0 Å². The van der Waals surface area contributed by atoms with Crippen molar-refractivity contribution >= 4 is 17.6 Å². The molecular weight excluding hydrogens is 220 g/mol. The number of rotatable bonds is 3. The molecular formula is C10H9F2NO3. The molecule has 1 rings (SSSR count). The standard InChI is InChI=1S/C10H9F2NO3/c1-5(10(15)16)9(14)13-8-6(11)3-2-4-7(8)12/h2-5H,1H3,(H,13,14)(H,15,16). The minimum atomic E-state index is -1.38. The van der Waals surface area contributed by atoms with Gasteiger partial charge in [0.15, 0.2) is 0 Å². The number of amides is 1. The first-order valence-electron chi connectivity index (χ1n) is 4.41. The van der Waals surface area contributed by atoms with E-state index >= 15 is 0 Å². The molecule has 1 aromatic carbocycles. The topological polar surface area (TPSA) is 66.4 Å². The van der Waals surface area contributed by atoms with E-state index in [1.54, 1.807) is 0 Å². The number of carbonyl (C=O) groups excluding carboxylic acids is 1. The molecule has 0 aliphatic carbocycles. The van der Waals surface area contributed by atoms with Gasteiger partial charge in [0.2, 0.25) is 5.91 Å². The maximum Gasteiger partial charge on any atom is 0.315 e. The number of halogens is 2. The number of para-hydroxylation sites is 1. The summed E-state index contributed by atoms with van der Waals surface area (Å²) in [7, 11) is 0. The van der Waals surface area contributed by atoms with Crippen LogP contribution in [0.1, 0.15) is 6.92 Å². The van der Waals surface area contributed by atoms with Gasteiger partial charge in [-0.05, 0) is 19.1 Å². The molecule has 0 aromatic heterocycles. The van der Waals surface area contributed by atoms with E-state index in [0.717, 1.165) is 25.1 Å². The molecule has 0 saturated heterocycles. The third-order valence-electron chi connectivity index (χ3n) is 1.97. The van der Waals surface area contributed by atoms with Crippen LogP contribution < -0.4 is 5.32 Å². The number of hydrogen-bond acceptors (Lipinski definition) is 2. The van der Waals surface area contributed by atoms with E-state index in [1.165, 1.54) is 0 Å². The van der Waals surface area contributed by atoms with Crippen LogP contribution in [-0.4, -0.2) is 17.0 Å². The fourth-order valence-corrected chi connectivity index (χ4v) is 0.961. The molecule has 1 atom stereocenters. The summed E-state index contributed by atoms with van der Waals surface area (Å²) in [5.41, 5.74) is -0.638. The highest BCUT2D eigenvalue weighted by Crippen LogP contribution is 2.18. The SMILES string of the molecule is CC(C(=O)O)C(=O)Nc1c(F)cccc1F. The summed E-state index contributed by atoms with van der Waals surface area (Å²) >= 11 is 0. The van der Waals surface area contributed by atoms with Gasteiger partial charge >= 0.3 is 5.97 Å². The second kappa shape index (κ2) is 4.69. The van der Waals surface area contributed by atoms with Crippen molar-refractivity contribution in [2.45, 2.75) is 6.92 Å². The van der Waals surface area contributed by atoms with Gasteiger partial charge in [0.1, 0.15) is 23.2 Å². The first kappa shape index (κ1) is 12.1. The van der Waals surface area contributed by atoms with Crippen LogP contribution in [0.5, 0.6) is 0 Å². The summed E-state index contributed by atoms with van der Waals surface area (Å²) in [5, 5.41) is 10.4. The molecule has 16 heavy (non-hydrogen) atoms. The minimum Gasteiger partial charge on any atom is -0.481 e. The van der Waals surface area contributed by atoms with Crippen molar-refractivity contribution in [2.24, 2.45) is 5.92 Å². The molecule has 1 amide bonds. The maximum atomic E-state index is 13.1. The Morgan fingerprint density at radius 3 is 2.25 bits per heavy atom. The first-order chi connectivity index (χ1) is 7.43. The Kier molecular flexibility index (Phi) is 3.55. The Morgan fingerprint density at radius 2 is 1.81 bits per heavy atom. The lowest BCUT2D eigenvalue weighted by Gasteiger charge is -2.09. The summed E-state index contributed by atoms with van der Waals surface area (Å²) in [5.74, 6) is -5.62. The molecule has 0 radical (unpaired) electrons. The fourth-order valence-electron chi connectivity index (χ4n) is 0.961. The molecule has 0 aliphatic rings. The van der Waals surface area contributed by atoms with E-state index in [0.29, 0.717) is 0 Å². The number of carboxylic acids is 1. The van der Waals surface area contributed by atoms with Gasteiger partial charge < -0.3 is 10.4 Å². The van der Waals surface area contributed by atoms with Gasteiger partial charge in [-0.3, -0.25) is 9.59 Å². The van der Waals surface area contributed by atoms with Crippen LogP contribution in [0.15, 0.2) is 18.2 Å². The van der Waals surface area contributed by atoms with Crippen molar-refractivity contribution in [1.82, 2.24) is 0 Å². The average molecular weight is 229 g/mol. The van der Waals surface area contributed by atoms with Crippen LogP contribution in [0.4, 0.5) is 14.5 Å². The predicted octanol–water partition coefficient (Wildman–Crippen LogP) is 1.62. The molecule has 0 fully saturated rings. The number of carboxylic acid groups (broad SMARTS) is 1. The van der Waals surface area contributed by atoms with Crippen molar-refractivity contribution < 1.29 is 23.5 Å². The van der Waals surface area contributed by atoms with E-state index in [1.807, 2.05) is 5.32 Å². The predicted molar refractivity (Wildman–Crippen MR) is 51.8 cm³/mol. The number of benzene rings is 1. The molecule has 1 aromatic rings. The van der Waals surface area contributed by atoms with Gasteiger partial charge in [0, 0.05) is 0 Å². The third-order valence-corrected chi connectivity index (χ3v) is 1.97. The molecule has 4 nitrogen and oxygen atoms in total. The highest BCUT2D eigenvalue weighted by Gasteiger charge is 2.22. The summed E-state index contributed by atoms with van der Waals surface area (Å²) in [4.78, 5) is 21.7. The van der Waals surface area contributed by atoms with Crippen LogP contribution in [-0.2, 0) is 9.59 Å². The highest BCUT2D eigenvalue weighted by molar-refractivity contribution is 6.03. The third kappa shape index (κ3) is 2.53. The summed E-state index contributed by atoms with van der Waals surface area (Å²) in [6.45, 7) is 1.12. The average Bonchev–Trinajstić information content (AvgIpc) is 2.22. The molecule has 1 unspecified atom stereocenters. The highest BCUT2D eigenvalue weighted by atomic mass is 19.1. The zero-order valence-corrected chi connectivity index (χ0v) is 8.33. The minimum absolute atomic E-state index is 0.638. The van der Waals surface area contributed by atoms with E-state index in [9.17, 15) is 18.4 Å². The first-order valence-corrected chi connectivity index (χ1v) is 4.41. The van der Waals surface area contributed by atoms with E-state index in [4.69, 9.17) is 5.11 Å². The fraction of sp³-hybridized carbons (Fsp3) is 0.200. The van der Waals surface area contributed by atoms with Crippen LogP contribution in [0, 0.1) is 17.6 Å². The largest absolute Gasteiger partial charge is 0.481 e. The zero-order chi connectivity index (χ0) is 12.3. The van der Waals surface area contributed by atoms with Gasteiger partial charge in [-0.25, -0.2) is 8.78 Å². The Balaban J connectivity index is 2.89. The molecule has 2 N–H and O–H groups in total. The van der Waals surface area contributed by atoms with Gasteiger partial charge in [0.25, 0.3) is 0 Å². The van der Waals surface area contributed by atoms with Crippen molar-refractivity contribution in [3.63, 3.8) is 0 Å². The Hall–Kier alpha value is -1.98. The van der Waals surface area contributed by atoms with Crippen molar-refractivity contribution in [1.29, 1.82) is 0 Å². The Labute approximate surface area is 89.9 Å². The second-order valence-electron chi connectivity index (χ2n) is 3.15. The molecule has 86 valence electrons. The number of hydrogen-bond donors (Lipinski definition) is 2. The Bertz CT molecular complexity index is 414. The second-order valence-corrected chi connectivity index (χ2v) is 3.15. The zero-order valence-electron chi connectivity index (χ0n) is 8.33. The van der Waals surface area contributed by atoms with Crippen LogP contribution in [0.25, 0.3) is 0 Å². The maximum absolute atomic E-state index is 13.1. The van der Waals surface area contributed by atoms with Crippen LogP contribution >= 0.6 is 0 Å². The lowest BCUT2D eigenvalue weighted by Crippen LogP contribution is -2.27. The number of carbonyl (C=O) groups is 2. The van der Waals surface area contributed by atoms with Crippen molar-refractivity contribution in [3.8, 4) is 0 Å². The Morgan fingerprint density at radius 1 is 1.31 bits per heavy atom.